The molecule has 0 saturated heterocycles. The van der Waals surface area contributed by atoms with Crippen molar-refractivity contribution in [1.82, 2.24) is 4.57 Å². The zero-order chi connectivity index (χ0) is 19.0. The van der Waals surface area contributed by atoms with Gasteiger partial charge < -0.3 is 14.0 Å². The maximum atomic E-state index is 13.1. The fraction of sp³-hybridized carbons (Fsp3) is 0.182. The Bertz CT molecular complexity index is 1100. The lowest BCUT2D eigenvalue weighted by molar-refractivity contribution is -0.135. The first kappa shape index (κ1) is 17.1. The van der Waals surface area contributed by atoms with Crippen molar-refractivity contribution in [2.24, 2.45) is 7.05 Å². The van der Waals surface area contributed by atoms with E-state index in [1.165, 1.54) is 0 Å². The highest BCUT2D eigenvalue weighted by atomic mass is 16.5. The normalized spacial score (nSPS) is 15.9. The van der Waals surface area contributed by atoms with Crippen molar-refractivity contribution in [3.8, 4) is 11.5 Å². The fourth-order valence-corrected chi connectivity index (χ4v) is 3.57. The molecular formula is C22H19NO4. The van der Waals surface area contributed by atoms with Crippen molar-refractivity contribution in [3.63, 3.8) is 0 Å². The van der Waals surface area contributed by atoms with E-state index in [2.05, 4.69) is 6.58 Å². The minimum Gasteiger partial charge on any atom is -0.490 e. The fourth-order valence-electron chi connectivity index (χ4n) is 3.57. The number of carbonyl (C=O) groups is 1. The number of nitrogens with zero attached hydrogens (tertiary/aromatic N) is 1. The van der Waals surface area contributed by atoms with Gasteiger partial charge >= 0.3 is 5.97 Å². The van der Waals surface area contributed by atoms with E-state index in [4.69, 9.17) is 9.47 Å². The van der Waals surface area contributed by atoms with Crippen molar-refractivity contribution in [2.75, 3.05) is 6.61 Å². The molecule has 0 radical (unpaired) electrons. The molecule has 3 aromatic rings. The largest absolute Gasteiger partial charge is 0.490 e. The van der Waals surface area contributed by atoms with Crippen LogP contribution in [0.15, 0.2) is 66.0 Å². The molecule has 27 heavy (non-hydrogen) atoms. The first-order valence-corrected chi connectivity index (χ1v) is 8.76. The van der Waals surface area contributed by atoms with E-state index in [1.54, 1.807) is 17.7 Å². The van der Waals surface area contributed by atoms with Gasteiger partial charge in [-0.2, -0.15) is 0 Å². The van der Waals surface area contributed by atoms with E-state index in [0.29, 0.717) is 23.7 Å². The Morgan fingerprint density at radius 1 is 1.19 bits per heavy atom. The molecule has 1 aliphatic heterocycles. The Kier molecular flexibility index (Phi) is 4.28. The van der Waals surface area contributed by atoms with E-state index in [-0.39, 0.29) is 23.9 Å². The smallest absolute Gasteiger partial charge is 0.312 e. The summed E-state index contributed by atoms with van der Waals surface area (Å²) in [5, 5.41) is 0.763. The van der Waals surface area contributed by atoms with Crippen LogP contribution < -0.4 is 15.0 Å². The highest BCUT2D eigenvalue weighted by Gasteiger charge is 2.33. The molecule has 2 heterocycles. The highest BCUT2D eigenvalue weighted by molar-refractivity contribution is 5.91. The Balaban J connectivity index is 1.87. The molecular weight excluding hydrogens is 342 g/mol. The molecule has 136 valence electrons. The number of para-hydroxylation sites is 1. The van der Waals surface area contributed by atoms with E-state index >= 15 is 0 Å². The third-order valence-corrected chi connectivity index (χ3v) is 4.88. The standard InChI is InChI=1S/C22H19NO4/c1-3-12-26-15-10-8-14(9-11-15)17-13-19(24)27-21-16-6-4-5-7-18(16)23(2)22(25)20(17)21/h3-11,17H,1,12-13H2,2H3. The summed E-state index contributed by atoms with van der Waals surface area (Å²) in [5.41, 5.74) is 2.00. The summed E-state index contributed by atoms with van der Waals surface area (Å²) >= 11 is 0. The summed E-state index contributed by atoms with van der Waals surface area (Å²) in [4.78, 5) is 25.4. The number of carbonyl (C=O) groups excluding carboxylic acids is 1. The van der Waals surface area contributed by atoms with E-state index in [0.717, 1.165) is 16.5 Å². The lowest BCUT2D eigenvalue weighted by Gasteiger charge is -2.26. The maximum absolute atomic E-state index is 13.1. The van der Waals surface area contributed by atoms with Gasteiger partial charge in [0, 0.05) is 18.4 Å². The van der Waals surface area contributed by atoms with Crippen LogP contribution in [0.25, 0.3) is 10.9 Å². The number of rotatable bonds is 4. The van der Waals surface area contributed by atoms with Gasteiger partial charge in [0.25, 0.3) is 5.56 Å². The molecule has 1 aromatic heterocycles. The molecule has 4 rings (SSSR count). The molecule has 0 N–H and O–H groups in total. The molecule has 1 unspecified atom stereocenters. The lowest BCUT2D eigenvalue weighted by atomic mass is 9.86. The average molecular weight is 361 g/mol. The Morgan fingerprint density at radius 3 is 2.67 bits per heavy atom. The number of aromatic nitrogens is 1. The van der Waals surface area contributed by atoms with Gasteiger partial charge in [-0.1, -0.05) is 36.9 Å². The molecule has 0 bridgehead atoms. The summed E-state index contributed by atoms with van der Waals surface area (Å²) in [6.45, 7) is 4.05. The molecule has 1 atom stereocenters. The predicted octanol–water partition coefficient (Wildman–Crippen LogP) is 3.54. The molecule has 0 fully saturated rings. The summed E-state index contributed by atoms with van der Waals surface area (Å²) in [6, 6.07) is 14.9. The van der Waals surface area contributed by atoms with E-state index in [1.807, 2.05) is 48.5 Å². The molecule has 0 saturated carbocycles. The third-order valence-electron chi connectivity index (χ3n) is 4.88. The quantitative estimate of drug-likeness (QED) is 0.527. The van der Waals surface area contributed by atoms with Gasteiger partial charge in [-0.25, -0.2) is 0 Å². The van der Waals surface area contributed by atoms with Crippen LogP contribution in [-0.2, 0) is 11.8 Å². The van der Waals surface area contributed by atoms with Crippen LogP contribution in [0.1, 0.15) is 23.5 Å². The van der Waals surface area contributed by atoms with Crippen molar-refractivity contribution >= 4 is 16.9 Å². The Hall–Kier alpha value is -3.34. The van der Waals surface area contributed by atoms with Crippen LogP contribution in [0.4, 0.5) is 0 Å². The summed E-state index contributed by atoms with van der Waals surface area (Å²) in [5.74, 6) is 0.404. The van der Waals surface area contributed by atoms with Crippen molar-refractivity contribution in [1.29, 1.82) is 0 Å². The van der Waals surface area contributed by atoms with E-state index < -0.39 is 0 Å². The number of esters is 1. The van der Waals surface area contributed by atoms with Gasteiger partial charge in [-0.15, -0.1) is 0 Å². The molecule has 0 aliphatic carbocycles. The minimum atomic E-state index is -0.349. The van der Waals surface area contributed by atoms with Gasteiger partial charge in [0.2, 0.25) is 0 Å². The number of pyridine rings is 1. The summed E-state index contributed by atoms with van der Waals surface area (Å²) in [6.07, 6.45) is 1.81. The molecule has 5 nitrogen and oxygen atoms in total. The summed E-state index contributed by atoms with van der Waals surface area (Å²) in [7, 11) is 1.74. The van der Waals surface area contributed by atoms with Crippen LogP contribution in [0.2, 0.25) is 0 Å². The number of benzene rings is 2. The second-order valence-corrected chi connectivity index (χ2v) is 6.52. The zero-order valence-electron chi connectivity index (χ0n) is 15.0. The molecule has 0 spiro atoms. The number of ether oxygens (including phenoxy) is 2. The molecule has 0 amide bonds. The number of aryl methyl sites for hydroxylation is 1. The second kappa shape index (κ2) is 6.76. The van der Waals surface area contributed by atoms with Gasteiger partial charge in [-0.05, 0) is 29.8 Å². The van der Waals surface area contributed by atoms with Gasteiger partial charge in [0.1, 0.15) is 18.1 Å². The number of hydrogen-bond donors (Lipinski definition) is 0. The molecule has 5 heteroatoms. The molecule has 2 aromatic carbocycles. The second-order valence-electron chi connectivity index (χ2n) is 6.52. The zero-order valence-corrected chi connectivity index (χ0v) is 15.0. The van der Waals surface area contributed by atoms with Crippen LogP contribution in [0.3, 0.4) is 0 Å². The Morgan fingerprint density at radius 2 is 1.93 bits per heavy atom. The summed E-state index contributed by atoms with van der Waals surface area (Å²) < 4.78 is 12.6. The highest BCUT2D eigenvalue weighted by Crippen LogP contribution is 2.40. The number of fused-ring (bicyclic) bond motifs is 3. The predicted molar refractivity (Wildman–Crippen MR) is 103 cm³/mol. The van der Waals surface area contributed by atoms with Crippen LogP contribution >= 0.6 is 0 Å². The number of hydrogen-bond acceptors (Lipinski definition) is 4. The lowest BCUT2D eigenvalue weighted by Crippen LogP contribution is -2.31. The van der Waals surface area contributed by atoms with Crippen LogP contribution in [0.5, 0.6) is 11.5 Å². The van der Waals surface area contributed by atoms with Gasteiger partial charge in [0.15, 0.2) is 0 Å². The Labute approximate surface area is 156 Å². The third kappa shape index (κ3) is 2.91. The van der Waals surface area contributed by atoms with Crippen molar-refractivity contribution in [2.45, 2.75) is 12.3 Å². The van der Waals surface area contributed by atoms with Gasteiger partial charge in [-0.3, -0.25) is 9.59 Å². The van der Waals surface area contributed by atoms with Gasteiger partial charge in [0.05, 0.1) is 17.5 Å². The maximum Gasteiger partial charge on any atom is 0.312 e. The monoisotopic (exact) mass is 361 g/mol. The van der Waals surface area contributed by atoms with Crippen molar-refractivity contribution in [3.05, 3.63) is 82.7 Å². The first-order chi connectivity index (χ1) is 13.1. The van der Waals surface area contributed by atoms with Crippen LogP contribution in [-0.4, -0.2) is 17.1 Å². The SMILES string of the molecule is C=CCOc1ccc(C2CC(=O)Oc3c2c(=O)n(C)c2ccccc32)cc1. The topological polar surface area (TPSA) is 57.5 Å². The first-order valence-electron chi connectivity index (χ1n) is 8.76. The minimum absolute atomic E-state index is 0.132. The average Bonchev–Trinajstić information content (AvgIpc) is 2.70. The molecule has 1 aliphatic rings. The van der Waals surface area contributed by atoms with Crippen LogP contribution in [0, 0.1) is 0 Å². The van der Waals surface area contributed by atoms with Crippen molar-refractivity contribution < 1.29 is 14.3 Å². The van der Waals surface area contributed by atoms with E-state index in [9.17, 15) is 9.59 Å².